The van der Waals surface area contributed by atoms with Crippen molar-refractivity contribution < 1.29 is 14.6 Å². The summed E-state index contributed by atoms with van der Waals surface area (Å²) in [6.45, 7) is 3.51. The van der Waals surface area contributed by atoms with Gasteiger partial charge in [-0.2, -0.15) is 0 Å². The van der Waals surface area contributed by atoms with Gasteiger partial charge in [0.25, 0.3) is 0 Å². The van der Waals surface area contributed by atoms with E-state index in [2.05, 4.69) is 22.4 Å². The molecule has 1 fully saturated rings. The van der Waals surface area contributed by atoms with E-state index in [1.54, 1.807) is 11.3 Å². The van der Waals surface area contributed by atoms with Crippen LogP contribution in [0.1, 0.15) is 30.6 Å². The fourth-order valence-electron chi connectivity index (χ4n) is 2.39. The highest BCUT2D eigenvalue weighted by molar-refractivity contribution is 7.09. The zero-order valence-electron chi connectivity index (χ0n) is 11.1. The Kier molecular flexibility index (Phi) is 5.82. The topological polar surface area (TPSA) is 49.8 Å². The molecule has 1 aliphatic heterocycles. The molecule has 2 heterocycles. The minimum Gasteiger partial charge on any atom is -0.481 e. The number of rotatable bonds is 8. The number of aliphatic carboxylic acids is 1. The third kappa shape index (κ3) is 5.30. The summed E-state index contributed by atoms with van der Waals surface area (Å²) < 4.78 is 5.68. The molecule has 4 nitrogen and oxygen atoms in total. The molecule has 1 atom stereocenters. The zero-order chi connectivity index (χ0) is 13.5. The first-order valence-corrected chi connectivity index (χ1v) is 7.70. The van der Waals surface area contributed by atoms with Crippen molar-refractivity contribution in [3.05, 3.63) is 22.4 Å². The highest BCUT2D eigenvalue weighted by atomic mass is 32.1. The molecule has 1 aromatic heterocycles. The SMILES string of the molecule is O=C(O)CCCN(Cc1cccs1)CC1CCCO1. The van der Waals surface area contributed by atoms with Gasteiger partial charge in [0.2, 0.25) is 0 Å². The molecule has 1 unspecified atom stereocenters. The maximum atomic E-state index is 10.6. The predicted molar refractivity (Wildman–Crippen MR) is 75.4 cm³/mol. The van der Waals surface area contributed by atoms with Crippen molar-refractivity contribution in [3.8, 4) is 0 Å². The average molecular weight is 283 g/mol. The van der Waals surface area contributed by atoms with Gasteiger partial charge < -0.3 is 9.84 Å². The number of ether oxygens (including phenoxy) is 1. The van der Waals surface area contributed by atoms with E-state index >= 15 is 0 Å². The number of carboxylic acid groups (broad SMARTS) is 1. The van der Waals surface area contributed by atoms with Crippen LogP contribution < -0.4 is 0 Å². The Morgan fingerprint density at radius 1 is 1.58 bits per heavy atom. The van der Waals surface area contributed by atoms with Crippen LogP contribution >= 0.6 is 11.3 Å². The molecule has 5 heteroatoms. The Morgan fingerprint density at radius 3 is 3.11 bits per heavy atom. The third-order valence-electron chi connectivity index (χ3n) is 3.31. The van der Waals surface area contributed by atoms with Crippen molar-refractivity contribution in [1.29, 1.82) is 0 Å². The van der Waals surface area contributed by atoms with Gasteiger partial charge in [-0.1, -0.05) is 6.07 Å². The Balaban J connectivity index is 1.82. The number of nitrogens with zero attached hydrogens (tertiary/aromatic N) is 1. The second-order valence-corrected chi connectivity index (χ2v) is 5.98. The van der Waals surface area contributed by atoms with Gasteiger partial charge in [-0.15, -0.1) is 11.3 Å². The fraction of sp³-hybridized carbons (Fsp3) is 0.643. The van der Waals surface area contributed by atoms with Crippen LogP contribution in [0.4, 0.5) is 0 Å². The molecule has 1 aliphatic rings. The van der Waals surface area contributed by atoms with Gasteiger partial charge in [0.05, 0.1) is 6.10 Å². The Morgan fingerprint density at radius 2 is 2.47 bits per heavy atom. The number of carbonyl (C=O) groups is 1. The minimum atomic E-state index is -0.715. The van der Waals surface area contributed by atoms with Crippen molar-refractivity contribution in [2.24, 2.45) is 0 Å². The van der Waals surface area contributed by atoms with Gasteiger partial charge in [0.1, 0.15) is 0 Å². The summed E-state index contributed by atoms with van der Waals surface area (Å²) in [5.74, 6) is -0.715. The van der Waals surface area contributed by atoms with Crippen molar-refractivity contribution in [1.82, 2.24) is 4.90 Å². The van der Waals surface area contributed by atoms with Crippen LogP contribution in [0.5, 0.6) is 0 Å². The fourth-order valence-corrected chi connectivity index (χ4v) is 3.13. The second-order valence-electron chi connectivity index (χ2n) is 4.95. The van der Waals surface area contributed by atoms with Crippen LogP contribution in [0.3, 0.4) is 0 Å². The van der Waals surface area contributed by atoms with E-state index in [0.717, 1.165) is 39.1 Å². The van der Waals surface area contributed by atoms with E-state index < -0.39 is 5.97 Å². The van der Waals surface area contributed by atoms with Gasteiger partial charge in [0.15, 0.2) is 0 Å². The molecule has 1 N–H and O–H groups in total. The minimum absolute atomic E-state index is 0.243. The maximum Gasteiger partial charge on any atom is 0.303 e. The van der Waals surface area contributed by atoms with E-state index in [0.29, 0.717) is 12.5 Å². The van der Waals surface area contributed by atoms with Crippen molar-refractivity contribution >= 4 is 17.3 Å². The second kappa shape index (κ2) is 7.62. The number of carboxylic acids is 1. The summed E-state index contributed by atoms with van der Waals surface area (Å²) in [4.78, 5) is 14.3. The number of hydrogen-bond donors (Lipinski definition) is 1. The lowest BCUT2D eigenvalue weighted by Gasteiger charge is -2.24. The molecule has 19 heavy (non-hydrogen) atoms. The van der Waals surface area contributed by atoms with Crippen LogP contribution in [0.15, 0.2) is 17.5 Å². The molecule has 2 rings (SSSR count). The first-order chi connectivity index (χ1) is 9.24. The molecule has 0 radical (unpaired) electrons. The molecule has 0 amide bonds. The molecule has 1 aromatic rings. The number of thiophene rings is 1. The van der Waals surface area contributed by atoms with Crippen molar-refractivity contribution in [2.75, 3.05) is 19.7 Å². The van der Waals surface area contributed by atoms with Crippen molar-refractivity contribution in [2.45, 2.75) is 38.3 Å². The quantitative estimate of drug-likeness (QED) is 0.796. The van der Waals surface area contributed by atoms with E-state index in [4.69, 9.17) is 9.84 Å². The molecule has 0 bridgehead atoms. The first kappa shape index (κ1) is 14.5. The van der Waals surface area contributed by atoms with Gasteiger partial charge in [-0.3, -0.25) is 9.69 Å². The first-order valence-electron chi connectivity index (χ1n) is 6.82. The summed E-state index contributed by atoms with van der Waals surface area (Å²) >= 11 is 1.75. The summed E-state index contributed by atoms with van der Waals surface area (Å²) in [5, 5.41) is 10.8. The summed E-state index contributed by atoms with van der Waals surface area (Å²) in [5.41, 5.74) is 0. The highest BCUT2D eigenvalue weighted by Crippen LogP contribution is 2.17. The van der Waals surface area contributed by atoms with Crippen LogP contribution in [0, 0.1) is 0 Å². The highest BCUT2D eigenvalue weighted by Gasteiger charge is 2.19. The van der Waals surface area contributed by atoms with Gasteiger partial charge >= 0.3 is 5.97 Å². The lowest BCUT2D eigenvalue weighted by atomic mass is 10.2. The van der Waals surface area contributed by atoms with E-state index in [1.165, 1.54) is 4.88 Å². The standard InChI is InChI=1S/C14H21NO3S/c16-14(17)6-1-7-15(10-12-4-2-8-18-12)11-13-5-3-9-19-13/h3,5,9,12H,1-2,4,6-8,10-11H2,(H,16,17). The molecule has 0 spiro atoms. The predicted octanol–water partition coefficient (Wildman–Crippen LogP) is 2.59. The Labute approximate surface area is 118 Å². The van der Waals surface area contributed by atoms with Crippen LogP contribution in [-0.4, -0.2) is 41.8 Å². The molecule has 106 valence electrons. The number of hydrogen-bond acceptors (Lipinski definition) is 4. The van der Waals surface area contributed by atoms with Crippen molar-refractivity contribution in [3.63, 3.8) is 0 Å². The normalized spacial score (nSPS) is 19.1. The molecular weight excluding hydrogens is 262 g/mol. The van der Waals surface area contributed by atoms with E-state index in [9.17, 15) is 4.79 Å². The van der Waals surface area contributed by atoms with Gasteiger partial charge in [0, 0.05) is 31.0 Å². The molecule has 0 aliphatic carbocycles. The summed E-state index contributed by atoms with van der Waals surface area (Å²) in [7, 11) is 0. The van der Waals surface area contributed by atoms with Crippen LogP contribution in [0.25, 0.3) is 0 Å². The molecule has 1 saturated heterocycles. The molecule has 0 saturated carbocycles. The van der Waals surface area contributed by atoms with Gasteiger partial charge in [-0.25, -0.2) is 0 Å². The van der Waals surface area contributed by atoms with E-state index in [-0.39, 0.29) is 6.42 Å². The zero-order valence-corrected chi connectivity index (χ0v) is 11.9. The Hall–Kier alpha value is -0.910. The average Bonchev–Trinajstić information content (AvgIpc) is 3.01. The lowest BCUT2D eigenvalue weighted by molar-refractivity contribution is -0.137. The van der Waals surface area contributed by atoms with Gasteiger partial charge in [-0.05, 0) is 37.3 Å². The molecular formula is C14H21NO3S. The maximum absolute atomic E-state index is 10.6. The monoisotopic (exact) mass is 283 g/mol. The van der Waals surface area contributed by atoms with E-state index in [1.807, 2.05) is 0 Å². The molecule has 0 aromatic carbocycles. The third-order valence-corrected chi connectivity index (χ3v) is 4.17. The van der Waals surface area contributed by atoms with Crippen LogP contribution in [0.2, 0.25) is 0 Å². The summed E-state index contributed by atoms with van der Waals surface area (Å²) in [6.07, 6.45) is 3.54. The van der Waals surface area contributed by atoms with Crippen LogP contribution in [-0.2, 0) is 16.1 Å². The smallest absolute Gasteiger partial charge is 0.303 e. The lowest BCUT2D eigenvalue weighted by Crippen LogP contribution is -2.32. The largest absolute Gasteiger partial charge is 0.481 e. The summed E-state index contributed by atoms with van der Waals surface area (Å²) in [6, 6.07) is 4.19. The Bertz CT molecular complexity index is 374.